The second-order valence-corrected chi connectivity index (χ2v) is 6.17. The molecule has 116 valence electrons. The molecule has 3 rings (SSSR count). The number of amides is 1. The predicted molar refractivity (Wildman–Crippen MR) is 82.6 cm³/mol. The van der Waals surface area contributed by atoms with Crippen molar-refractivity contribution in [3.05, 3.63) is 35.6 Å². The summed E-state index contributed by atoms with van der Waals surface area (Å²) >= 11 is 0. The minimum Gasteiger partial charge on any atom is -0.346 e. The van der Waals surface area contributed by atoms with E-state index in [1.807, 2.05) is 6.07 Å². The molecular formula is C16H22ClFN2O. The lowest BCUT2D eigenvalue weighted by Gasteiger charge is -2.28. The Morgan fingerprint density at radius 3 is 2.62 bits per heavy atom. The van der Waals surface area contributed by atoms with E-state index in [2.05, 4.69) is 5.32 Å². The van der Waals surface area contributed by atoms with Crippen LogP contribution in [0.3, 0.4) is 0 Å². The topological polar surface area (TPSA) is 55.1 Å². The smallest absolute Gasteiger partial charge is 0.223 e. The Bertz CT molecular complexity index is 519. The van der Waals surface area contributed by atoms with E-state index in [-0.39, 0.29) is 36.1 Å². The number of rotatable bonds is 3. The SMILES string of the molecule is Cl.NC1CCCC(C(=O)NC2(c3ccccc3F)CC2)C1. The van der Waals surface area contributed by atoms with Gasteiger partial charge in [0.25, 0.3) is 0 Å². The van der Waals surface area contributed by atoms with Crippen LogP contribution in [0.2, 0.25) is 0 Å². The molecule has 2 atom stereocenters. The number of nitrogens with two attached hydrogens (primary N) is 1. The Morgan fingerprint density at radius 2 is 2.00 bits per heavy atom. The van der Waals surface area contributed by atoms with Crippen LogP contribution in [-0.4, -0.2) is 11.9 Å². The van der Waals surface area contributed by atoms with Gasteiger partial charge in [0.05, 0.1) is 5.54 Å². The van der Waals surface area contributed by atoms with Crippen LogP contribution in [0, 0.1) is 11.7 Å². The maximum absolute atomic E-state index is 13.9. The first-order valence-electron chi connectivity index (χ1n) is 7.43. The summed E-state index contributed by atoms with van der Waals surface area (Å²) in [7, 11) is 0. The Balaban J connectivity index is 0.00000161. The number of halogens is 2. The van der Waals surface area contributed by atoms with Gasteiger partial charge in [0, 0.05) is 17.5 Å². The van der Waals surface area contributed by atoms with Crippen LogP contribution in [0.4, 0.5) is 4.39 Å². The molecule has 2 unspecified atom stereocenters. The molecule has 2 saturated carbocycles. The van der Waals surface area contributed by atoms with E-state index in [0.29, 0.717) is 5.56 Å². The van der Waals surface area contributed by atoms with Crippen molar-refractivity contribution in [3.8, 4) is 0 Å². The fraction of sp³-hybridized carbons (Fsp3) is 0.562. The zero-order valence-electron chi connectivity index (χ0n) is 12.0. The molecule has 0 bridgehead atoms. The number of hydrogen-bond acceptors (Lipinski definition) is 2. The van der Waals surface area contributed by atoms with Crippen molar-refractivity contribution in [1.29, 1.82) is 0 Å². The third kappa shape index (κ3) is 3.38. The molecule has 3 N–H and O–H groups in total. The largest absolute Gasteiger partial charge is 0.346 e. The maximum atomic E-state index is 13.9. The zero-order valence-corrected chi connectivity index (χ0v) is 12.8. The molecule has 2 aliphatic rings. The lowest BCUT2D eigenvalue weighted by Crippen LogP contribution is -2.42. The summed E-state index contributed by atoms with van der Waals surface area (Å²) in [5.41, 5.74) is 6.09. The van der Waals surface area contributed by atoms with E-state index in [1.165, 1.54) is 6.07 Å². The van der Waals surface area contributed by atoms with Crippen LogP contribution in [-0.2, 0) is 10.3 Å². The molecule has 0 heterocycles. The molecule has 0 spiro atoms. The molecule has 1 aromatic rings. The van der Waals surface area contributed by atoms with Gasteiger partial charge in [-0.1, -0.05) is 24.6 Å². The first-order chi connectivity index (χ1) is 9.61. The van der Waals surface area contributed by atoms with Crippen LogP contribution in [0.25, 0.3) is 0 Å². The van der Waals surface area contributed by atoms with Crippen LogP contribution >= 0.6 is 12.4 Å². The fourth-order valence-electron chi connectivity index (χ4n) is 3.24. The summed E-state index contributed by atoms with van der Waals surface area (Å²) in [4.78, 5) is 12.4. The van der Waals surface area contributed by atoms with Crippen LogP contribution < -0.4 is 11.1 Å². The highest BCUT2D eigenvalue weighted by atomic mass is 35.5. The number of carbonyl (C=O) groups excluding carboxylic acids is 1. The van der Waals surface area contributed by atoms with Gasteiger partial charge in [0.15, 0.2) is 0 Å². The molecule has 0 saturated heterocycles. The quantitative estimate of drug-likeness (QED) is 0.901. The first kappa shape index (κ1) is 16.2. The maximum Gasteiger partial charge on any atom is 0.223 e. The van der Waals surface area contributed by atoms with Crippen molar-refractivity contribution in [2.75, 3.05) is 0 Å². The number of nitrogens with one attached hydrogen (secondary N) is 1. The minimum atomic E-state index is -0.468. The molecule has 0 aromatic heterocycles. The highest BCUT2D eigenvalue weighted by Crippen LogP contribution is 2.46. The van der Waals surface area contributed by atoms with Crippen molar-refractivity contribution in [1.82, 2.24) is 5.32 Å². The zero-order chi connectivity index (χ0) is 14.2. The van der Waals surface area contributed by atoms with E-state index in [9.17, 15) is 9.18 Å². The monoisotopic (exact) mass is 312 g/mol. The molecule has 2 aliphatic carbocycles. The van der Waals surface area contributed by atoms with Crippen LogP contribution in [0.5, 0.6) is 0 Å². The predicted octanol–water partition coefficient (Wildman–Crippen LogP) is 2.87. The van der Waals surface area contributed by atoms with E-state index in [0.717, 1.165) is 38.5 Å². The second-order valence-electron chi connectivity index (χ2n) is 6.17. The third-order valence-electron chi connectivity index (χ3n) is 4.59. The van der Waals surface area contributed by atoms with E-state index >= 15 is 0 Å². The lowest BCUT2D eigenvalue weighted by molar-refractivity contribution is -0.127. The summed E-state index contributed by atoms with van der Waals surface area (Å²) in [6.07, 6.45) is 5.29. The summed E-state index contributed by atoms with van der Waals surface area (Å²) in [6.45, 7) is 0. The molecular weight excluding hydrogens is 291 g/mol. The highest BCUT2D eigenvalue weighted by molar-refractivity contribution is 5.85. The summed E-state index contributed by atoms with van der Waals surface area (Å²) in [5.74, 6) is -0.199. The summed E-state index contributed by atoms with van der Waals surface area (Å²) in [5, 5.41) is 3.08. The Kier molecular flexibility index (Phi) is 4.89. The Hall–Kier alpha value is -1.13. The molecule has 0 radical (unpaired) electrons. The normalized spacial score (nSPS) is 26.6. The number of hydrogen-bond donors (Lipinski definition) is 2. The van der Waals surface area contributed by atoms with Gasteiger partial charge in [-0.2, -0.15) is 0 Å². The van der Waals surface area contributed by atoms with Gasteiger partial charge in [0.1, 0.15) is 5.82 Å². The number of carbonyl (C=O) groups is 1. The molecule has 2 fully saturated rings. The number of benzene rings is 1. The Morgan fingerprint density at radius 1 is 1.29 bits per heavy atom. The van der Waals surface area contributed by atoms with E-state index < -0.39 is 5.54 Å². The molecule has 1 aromatic carbocycles. The van der Waals surface area contributed by atoms with Crippen molar-refractivity contribution in [2.45, 2.75) is 50.1 Å². The van der Waals surface area contributed by atoms with E-state index in [1.54, 1.807) is 12.1 Å². The summed E-state index contributed by atoms with van der Waals surface area (Å²) in [6, 6.07) is 6.86. The molecule has 5 heteroatoms. The van der Waals surface area contributed by atoms with Crippen molar-refractivity contribution < 1.29 is 9.18 Å². The van der Waals surface area contributed by atoms with Gasteiger partial charge in [-0.3, -0.25) is 4.79 Å². The average molecular weight is 313 g/mol. The third-order valence-corrected chi connectivity index (χ3v) is 4.59. The highest BCUT2D eigenvalue weighted by Gasteiger charge is 2.48. The van der Waals surface area contributed by atoms with Gasteiger partial charge in [0.2, 0.25) is 5.91 Å². The minimum absolute atomic E-state index is 0. The lowest BCUT2D eigenvalue weighted by atomic mass is 9.85. The molecule has 3 nitrogen and oxygen atoms in total. The standard InChI is InChI=1S/C16H21FN2O.ClH/c17-14-7-2-1-6-13(14)16(8-9-16)19-15(20)11-4-3-5-12(18)10-11;/h1-2,6-7,11-12H,3-5,8-10,18H2,(H,19,20);1H. The van der Waals surface area contributed by atoms with Crippen LogP contribution in [0.1, 0.15) is 44.1 Å². The summed E-state index contributed by atoms with van der Waals surface area (Å²) < 4.78 is 13.9. The Labute approximate surface area is 130 Å². The van der Waals surface area contributed by atoms with Crippen molar-refractivity contribution in [2.24, 2.45) is 11.7 Å². The van der Waals surface area contributed by atoms with E-state index in [4.69, 9.17) is 5.73 Å². The van der Waals surface area contributed by atoms with Gasteiger partial charge in [-0.05, 0) is 38.2 Å². The van der Waals surface area contributed by atoms with Gasteiger partial charge < -0.3 is 11.1 Å². The fourth-order valence-corrected chi connectivity index (χ4v) is 3.24. The van der Waals surface area contributed by atoms with Gasteiger partial charge >= 0.3 is 0 Å². The molecule has 0 aliphatic heterocycles. The van der Waals surface area contributed by atoms with Crippen LogP contribution in [0.15, 0.2) is 24.3 Å². The van der Waals surface area contributed by atoms with Gasteiger partial charge in [-0.25, -0.2) is 4.39 Å². The second kappa shape index (κ2) is 6.32. The average Bonchev–Trinajstić information content (AvgIpc) is 3.20. The van der Waals surface area contributed by atoms with Crippen molar-refractivity contribution in [3.63, 3.8) is 0 Å². The van der Waals surface area contributed by atoms with Gasteiger partial charge in [-0.15, -0.1) is 12.4 Å². The molecule has 21 heavy (non-hydrogen) atoms. The first-order valence-corrected chi connectivity index (χ1v) is 7.43. The van der Waals surface area contributed by atoms with Crippen molar-refractivity contribution >= 4 is 18.3 Å². The molecule has 1 amide bonds.